The molecule has 0 unspecified atom stereocenters. The zero-order chi connectivity index (χ0) is 11.5. The van der Waals surface area contributed by atoms with Gasteiger partial charge in [0.05, 0.1) is 0 Å². The van der Waals surface area contributed by atoms with E-state index in [-0.39, 0.29) is 17.8 Å². The van der Waals surface area contributed by atoms with Crippen molar-refractivity contribution < 1.29 is 4.79 Å². The predicted molar refractivity (Wildman–Crippen MR) is 55.5 cm³/mol. The minimum absolute atomic E-state index is 0.0949. The molecule has 7 nitrogen and oxygen atoms in total. The lowest BCUT2D eigenvalue weighted by Crippen LogP contribution is -2.39. The molecule has 0 saturated heterocycles. The van der Waals surface area contributed by atoms with E-state index in [2.05, 4.69) is 25.8 Å². The molecule has 0 fully saturated rings. The number of amides is 1. The van der Waals surface area contributed by atoms with Crippen LogP contribution in [0.5, 0.6) is 0 Å². The van der Waals surface area contributed by atoms with Gasteiger partial charge in [0.1, 0.15) is 6.33 Å². The molecule has 15 heavy (non-hydrogen) atoms. The molecule has 1 aromatic rings. The average molecular weight is 210 g/mol. The van der Waals surface area contributed by atoms with Crippen molar-refractivity contribution in [2.24, 2.45) is 5.41 Å². The molecular formula is C8H14N6O. The second-order valence-electron chi connectivity index (χ2n) is 4.00. The molecule has 82 valence electrons. The summed E-state index contributed by atoms with van der Waals surface area (Å²) in [4.78, 5) is 22.6. The first-order valence-electron chi connectivity index (χ1n) is 4.40. The van der Waals surface area contributed by atoms with E-state index in [0.717, 1.165) is 0 Å². The number of hydrogen-bond donors (Lipinski definition) is 3. The molecule has 1 heterocycles. The van der Waals surface area contributed by atoms with E-state index in [1.54, 1.807) is 20.8 Å². The van der Waals surface area contributed by atoms with Gasteiger partial charge < -0.3 is 5.73 Å². The summed E-state index contributed by atoms with van der Waals surface area (Å²) in [6.45, 7) is 5.39. The maximum absolute atomic E-state index is 11.4. The van der Waals surface area contributed by atoms with Crippen LogP contribution in [0, 0.1) is 5.41 Å². The van der Waals surface area contributed by atoms with Crippen molar-refractivity contribution in [1.82, 2.24) is 20.4 Å². The van der Waals surface area contributed by atoms with E-state index in [9.17, 15) is 4.79 Å². The number of nitrogens with zero attached hydrogens (tertiary/aromatic N) is 3. The molecule has 0 radical (unpaired) electrons. The number of aromatic nitrogens is 3. The molecule has 0 bridgehead atoms. The number of rotatable bonds is 2. The Morgan fingerprint density at radius 2 is 2.07 bits per heavy atom. The lowest BCUT2D eigenvalue weighted by atomic mass is 9.96. The minimum atomic E-state index is -0.481. The van der Waals surface area contributed by atoms with Gasteiger partial charge in [0.15, 0.2) is 0 Å². The zero-order valence-electron chi connectivity index (χ0n) is 8.90. The highest BCUT2D eigenvalue weighted by Gasteiger charge is 2.20. The van der Waals surface area contributed by atoms with Crippen molar-refractivity contribution in [1.29, 1.82) is 0 Å². The molecule has 0 aromatic carbocycles. The van der Waals surface area contributed by atoms with Gasteiger partial charge in [-0.2, -0.15) is 9.97 Å². The maximum Gasteiger partial charge on any atom is 0.246 e. The number of carbonyl (C=O) groups is 1. The largest absolute Gasteiger partial charge is 0.368 e. The van der Waals surface area contributed by atoms with Crippen LogP contribution in [0.1, 0.15) is 20.8 Å². The third kappa shape index (κ3) is 3.37. The van der Waals surface area contributed by atoms with Gasteiger partial charge >= 0.3 is 0 Å². The Balaban J connectivity index is 2.55. The van der Waals surface area contributed by atoms with E-state index >= 15 is 0 Å². The number of nitrogens with two attached hydrogens (primary N) is 1. The molecule has 0 spiro atoms. The maximum atomic E-state index is 11.4. The van der Waals surface area contributed by atoms with E-state index in [1.165, 1.54) is 6.33 Å². The lowest BCUT2D eigenvalue weighted by Gasteiger charge is -2.17. The highest BCUT2D eigenvalue weighted by Crippen LogP contribution is 2.12. The topological polar surface area (TPSA) is 106 Å². The number of hydrogen-bond acceptors (Lipinski definition) is 6. The third-order valence-electron chi connectivity index (χ3n) is 1.56. The van der Waals surface area contributed by atoms with Gasteiger partial charge in [-0.25, -0.2) is 4.98 Å². The van der Waals surface area contributed by atoms with Gasteiger partial charge in [0.25, 0.3) is 0 Å². The third-order valence-corrected chi connectivity index (χ3v) is 1.56. The summed E-state index contributed by atoms with van der Waals surface area (Å²) >= 11 is 0. The second kappa shape index (κ2) is 4.07. The Morgan fingerprint density at radius 3 is 2.60 bits per heavy atom. The van der Waals surface area contributed by atoms with Crippen LogP contribution in [0.3, 0.4) is 0 Å². The smallest absolute Gasteiger partial charge is 0.246 e. The molecule has 1 amide bonds. The number of carbonyl (C=O) groups excluding carboxylic acids is 1. The summed E-state index contributed by atoms with van der Waals surface area (Å²) in [5.41, 5.74) is 9.87. The normalized spacial score (nSPS) is 10.9. The van der Waals surface area contributed by atoms with Crippen LogP contribution in [0.25, 0.3) is 0 Å². The van der Waals surface area contributed by atoms with Gasteiger partial charge in [-0.15, -0.1) is 0 Å². The molecule has 1 rings (SSSR count). The minimum Gasteiger partial charge on any atom is -0.368 e. The van der Waals surface area contributed by atoms with Gasteiger partial charge in [-0.05, 0) is 0 Å². The summed E-state index contributed by atoms with van der Waals surface area (Å²) in [5.74, 6) is 0.138. The fraction of sp³-hybridized carbons (Fsp3) is 0.500. The van der Waals surface area contributed by atoms with Crippen molar-refractivity contribution >= 4 is 17.8 Å². The van der Waals surface area contributed by atoms with E-state index in [0.29, 0.717) is 0 Å². The molecule has 0 aliphatic carbocycles. The summed E-state index contributed by atoms with van der Waals surface area (Å²) < 4.78 is 0. The van der Waals surface area contributed by atoms with Crippen LogP contribution in [0.2, 0.25) is 0 Å². The molecule has 0 atom stereocenters. The summed E-state index contributed by atoms with van der Waals surface area (Å²) in [7, 11) is 0. The Kier molecular flexibility index (Phi) is 3.03. The second-order valence-corrected chi connectivity index (χ2v) is 4.00. The fourth-order valence-electron chi connectivity index (χ4n) is 0.669. The summed E-state index contributed by atoms with van der Waals surface area (Å²) in [5, 5.41) is 0. The van der Waals surface area contributed by atoms with Gasteiger partial charge in [-0.1, -0.05) is 20.8 Å². The van der Waals surface area contributed by atoms with E-state index in [1.807, 2.05) is 0 Å². The van der Waals surface area contributed by atoms with Crippen LogP contribution in [-0.2, 0) is 4.79 Å². The average Bonchev–Trinajstić information content (AvgIpc) is 2.12. The van der Waals surface area contributed by atoms with Crippen molar-refractivity contribution in [2.45, 2.75) is 20.8 Å². The Bertz CT molecular complexity index is 358. The summed E-state index contributed by atoms with van der Waals surface area (Å²) in [6.07, 6.45) is 1.26. The highest BCUT2D eigenvalue weighted by molar-refractivity contribution is 5.82. The number of nitrogen functional groups attached to an aromatic ring is 1. The Labute approximate surface area is 87.5 Å². The summed E-state index contributed by atoms with van der Waals surface area (Å²) in [6, 6.07) is 0. The number of nitrogens with one attached hydrogen (secondary N) is 2. The SMILES string of the molecule is CC(C)(C)C(=O)NNc1ncnc(N)n1. The first kappa shape index (κ1) is 11.2. The first-order chi connectivity index (χ1) is 6.89. The number of anilines is 2. The van der Waals surface area contributed by atoms with Gasteiger partial charge in [0.2, 0.25) is 17.8 Å². The molecule has 0 aliphatic rings. The monoisotopic (exact) mass is 210 g/mol. The van der Waals surface area contributed by atoms with Gasteiger partial charge in [-0.3, -0.25) is 15.6 Å². The first-order valence-corrected chi connectivity index (χ1v) is 4.40. The molecule has 7 heteroatoms. The van der Waals surface area contributed by atoms with Crippen molar-refractivity contribution in [3.63, 3.8) is 0 Å². The number of hydrazine groups is 1. The zero-order valence-corrected chi connectivity index (χ0v) is 8.90. The standard InChI is InChI=1S/C8H14N6O/c1-8(2,3)5(15)13-14-7-11-4-10-6(9)12-7/h4H,1-3H3,(H,13,15)(H3,9,10,11,12,14). The van der Waals surface area contributed by atoms with Crippen molar-refractivity contribution in [3.8, 4) is 0 Å². The predicted octanol–water partition coefficient (Wildman–Crippen LogP) is -0.0570. The highest BCUT2D eigenvalue weighted by atomic mass is 16.2. The lowest BCUT2D eigenvalue weighted by molar-refractivity contribution is -0.127. The van der Waals surface area contributed by atoms with Crippen molar-refractivity contribution in [2.75, 3.05) is 11.2 Å². The van der Waals surface area contributed by atoms with Crippen LogP contribution in [0.15, 0.2) is 6.33 Å². The van der Waals surface area contributed by atoms with E-state index < -0.39 is 5.41 Å². The van der Waals surface area contributed by atoms with Gasteiger partial charge in [0, 0.05) is 5.41 Å². The molecule has 0 saturated carbocycles. The molecular weight excluding hydrogens is 196 g/mol. The van der Waals surface area contributed by atoms with E-state index in [4.69, 9.17) is 5.73 Å². The Morgan fingerprint density at radius 1 is 1.40 bits per heavy atom. The van der Waals surface area contributed by atoms with Crippen molar-refractivity contribution in [3.05, 3.63) is 6.33 Å². The van der Waals surface area contributed by atoms with Crippen LogP contribution in [0.4, 0.5) is 11.9 Å². The van der Waals surface area contributed by atoms with Crippen LogP contribution < -0.4 is 16.6 Å². The molecule has 0 aliphatic heterocycles. The Hall–Kier alpha value is -1.92. The fourth-order valence-corrected chi connectivity index (χ4v) is 0.669. The van der Waals surface area contributed by atoms with Crippen LogP contribution >= 0.6 is 0 Å². The molecule has 1 aromatic heterocycles. The molecule has 4 N–H and O–H groups in total. The van der Waals surface area contributed by atoms with Crippen LogP contribution in [-0.4, -0.2) is 20.9 Å². The quantitative estimate of drug-likeness (QED) is 0.590.